The van der Waals surface area contributed by atoms with E-state index in [1.807, 2.05) is 0 Å². The number of hydrogen-bond donors (Lipinski definition) is 3. The fourth-order valence-corrected chi connectivity index (χ4v) is 2.43. The normalized spacial score (nSPS) is 26.7. The third kappa shape index (κ3) is 3.36. The van der Waals surface area contributed by atoms with Gasteiger partial charge in [0, 0.05) is 6.54 Å². The molecule has 1 fully saturated rings. The Hall–Kier alpha value is -1.80. The van der Waals surface area contributed by atoms with Gasteiger partial charge in [0.25, 0.3) is 0 Å². The number of pyridine rings is 1. The SMILES string of the molecule is CC1CCC(O)(CNc2ncc(N)cc2C#N)CC1. The third-order valence-corrected chi connectivity index (χ3v) is 3.82. The van der Waals surface area contributed by atoms with Gasteiger partial charge in [-0.2, -0.15) is 5.26 Å². The van der Waals surface area contributed by atoms with E-state index in [9.17, 15) is 5.11 Å². The molecule has 0 radical (unpaired) electrons. The van der Waals surface area contributed by atoms with E-state index in [1.165, 1.54) is 6.20 Å². The van der Waals surface area contributed by atoms with Crippen LogP contribution in [0.2, 0.25) is 0 Å². The highest BCUT2D eigenvalue weighted by Crippen LogP contribution is 2.32. The van der Waals surface area contributed by atoms with Crippen molar-refractivity contribution in [1.29, 1.82) is 5.26 Å². The van der Waals surface area contributed by atoms with E-state index >= 15 is 0 Å². The van der Waals surface area contributed by atoms with Crippen molar-refractivity contribution in [2.24, 2.45) is 5.92 Å². The van der Waals surface area contributed by atoms with Crippen molar-refractivity contribution in [3.8, 4) is 6.07 Å². The van der Waals surface area contributed by atoms with Crippen molar-refractivity contribution < 1.29 is 5.11 Å². The maximum atomic E-state index is 10.5. The van der Waals surface area contributed by atoms with Crippen molar-refractivity contribution in [3.05, 3.63) is 17.8 Å². The van der Waals surface area contributed by atoms with Crippen LogP contribution in [-0.4, -0.2) is 22.2 Å². The van der Waals surface area contributed by atoms with E-state index in [0.717, 1.165) is 25.7 Å². The van der Waals surface area contributed by atoms with Gasteiger partial charge < -0.3 is 16.2 Å². The van der Waals surface area contributed by atoms with E-state index in [4.69, 9.17) is 11.0 Å². The molecular weight excluding hydrogens is 240 g/mol. The fourth-order valence-electron chi connectivity index (χ4n) is 2.43. The van der Waals surface area contributed by atoms with Gasteiger partial charge in [-0.1, -0.05) is 6.92 Å². The van der Waals surface area contributed by atoms with Crippen LogP contribution in [0.4, 0.5) is 11.5 Å². The maximum Gasteiger partial charge on any atom is 0.144 e. The molecular formula is C14H20N4O. The fraction of sp³-hybridized carbons (Fsp3) is 0.571. The number of nitrogens with zero attached hydrogens (tertiary/aromatic N) is 2. The number of nitrogens with one attached hydrogen (secondary N) is 1. The lowest BCUT2D eigenvalue weighted by Gasteiger charge is -2.35. The Labute approximate surface area is 113 Å². The Morgan fingerprint density at radius 1 is 1.58 bits per heavy atom. The van der Waals surface area contributed by atoms with Crippen molar-refractivity contribution >= 4 is 11.5 Å². The van der Waals surface area contributed by atoms with Gasteiger partial charge in [-0.05, 0) is 37.7 Å². The molecule has 1 aliphatic carbocycles. The Balaban J connectivity index is 2.01. The zero-order valence-electron chi connectivity index (χ0n) is 11.2. The monoisotopic (exact) mass is 260 g/mol. The van der Waals surface area contributed by atoms with Crippen LogP contribution >= 0.6 is 0 Å². The summed E-state index contributed by atoms with van der Waals surface area (Å²) in [6.07, 6.45) is 5.17. The molecule has 1 heterocycles. The molecule has 5 heteroatoms. The van der Waals surface area contributed by atoms with E-state index < -0.39 is 5.60 Å². The molecule has 102 valence electrons. The predicted molar refractivity (Wildman–Crippen MR) is 74.4 cm³/mol. The van der Waals surface area contributed by atoms with E-state index in [0.29, 0.717) is 29.5 Å². The molecule has 0 amide bonds. The number of aliphatic hydroxyl groups is 1. The summed E-state index contributed by atoms with van der Waals surface area (Å²) in [4.78, 5) is 4.11. The Kier molecular flexibility index (Phi) is 3.91. The quantitative estimate of drug-likeness (QED) is 0.771. The van der Waals surface area contributed by atoms with Crippen LogP contribution < -0.4 is 11.1 Å². The van der Waals surface area contributed by atoms with Gasteiger partial charge >= 0.3 is 0 Å². The molecule has 19 heavy (non-hydrogen) atoms. The minimum Gasteiger partial charge on any atom is -0.397 e. The summed E-state index contributed by atoms with van der Waals surface area (Å²) in [5.41, 5.74) is 5.78. The first-order valence-corrected chi connectivity index (χ1v) is 6.64. The molecule has 5 nitrogen and oxygen atoms in total. The molecule has 0 aromatic carbocycles. The molecule has 1 aromatic heterocycles. The van der Waals surface area contributed by atoms with Crippen LogP contribution in [0.15, 0.2) is 12.3 Å². The third-order valence-electron chi connectivity index (χ3n) is 3.82. The number of aromatic nitrogens is 1. The topological polar surface area (TPSA) is 95.0 Å². The van der Waals surface area contributed by atoms with Crippen molar-refractivity contribution in [2.45, 2.75) is 38.2 Å². The Morgan fingerprint density at radius 2 is 2.26 bits per heavy atom. The van der Waals surface area contributed by atoms with E-state index in [1.54, 1.807) is 6.07 Å². The van der Waals surface area contributed by atoms with Crippen LogP contribution in [0.1, 0.15) is 38.2 Å². The Bertz CT molecular complexity index is 487. The lowest BCUT2D eigenvalue weighted by molar-refractivity contribution is 0.00494. The Morgan fingerprint density at radius 3 is 2.89 bits per heavy atom. The second-order valence-corrected chi connectivity index (χ2v) is 5.54. The molecule has 4 N–H and O–H groups in total. The summed E-state index contributed by atoms with van der Waals surface area (Å²) in [6, 6.07) is 3.64. The van der Waals surface area contributed by atoms with E-state index in [-0.39, 0.29) is 0 Å². The molecule has 0 unspecified atom stereocenters. The number of nitrogen functional groups attached to an aromatic ring is 1. The molecule has 0 bridgehead atoms. The standard InChI is InChI=1S/C14H20N4O/c1-10-2-4-14(19,5-3-10)9-18-13-11(7-15)6-12(16)8-17-13/h6,8,10,19H,2-5,9,16H2,1H3,(H,17,18). The zero-order valence-corrected chi connectivity index (χ0v) is 11.2. The molecule has 0 atom stereocenters. The van der Waals surface area contributed by atoms with Crippen LogP contribution in [0, 0.1) is 17.2 Å². The summed E-state index contributed by atoms with van der Waals surface area (Å²) in [5.74, 6) is 1.17. The molecule has 0 aliphatic heterocycles. The number of nitriles is 1. The summed E-state index contributed by atoms with van der Waals surface area (Å²) < 4.78 is 0. The summed E-state index contributed by atoms with van der Waals surface area (Å²) in [7, 11) is 0. The average Bonchev–Trinajstić information content (AvgIpc) is 2.41. The van der Waals surface area contributed by atoms with Gasteiger partial charge in [0.05, 0.1) is 23.0 Å². The zero-order chi connectivity index (χ0) is 13.9. The van der Waals surface area contributed by atoms with E-state index in [2.05, 4.69) is 23.3 Å². The molecule has 0 saturated heterocycles. The van der Waals surface area contributed by atoms with Gasteiger partial charge in [-0.3, -0.25) is 0 Å². The second kappa shape index (κ2) is 5.45. The van der Waals surface area contributed by atoms with Crippen molar-refractivity contribution in [2.75, 3.05) is 17.6 Å². The smallest absolute Gasteiger partial charge is 0.144 e. The number of rotatable bonds is 3. The van der Waals surface area contributed by atoms with Gasteiger partial charge in [-0.15, -0.1) is 0 Å². The summed E-state index contributed by atoms with van der Waals surface area (Å²) >= 11 is 0. The number of nitrogens with two attached hydrogens (primary N) is 1. The first-order valence-electron chi connectivity index (χ1n) is 6.64. The lowest BCUT2D eigenvalue weighted by Crippen LogP contribution is -2.40. The van der Waals surface area contributed by atoms with Crippen molar-refractivity contribution in [3.63, 3.8) is 0 Å². The first-order chi connectivity index (χ1) is 9.02. The minimum absolute atomic E-state index is 0.410. The van der Waals surface area contributed by atoms with Gasteiger partial charge in [0.2, 0.25) is 0 Å². The average molecular weight is 260 g/mol. The number of anilines is 2. The molecule has 2 rings (SSSR count). The second-order valence-electron chi connectivity index (χ2n) is 5.54. The summed E-state index contributed by atoms with van der Waals surface area (Å²) in [6.45, 7) is 2.63. The minimum atomic E-state index is -0.692. The summed E-state index contributed by atoms with van der Waals surface area (Å²) in [5, 5.41) is 22.6. The van der Waals surface area contributed by atoms with Crippen LogP contribution in [-0.2, 0) is 0 Å². The maximum absolute atomic E-state index is 10.5. The van der Waals surface area contributed by atoms with Crippen LogP contribution in [0.3, 0.4) is 0 Å². The first kappa shape index (κ1) is 13.6. The van der Waals surface area contributed by atoms with Gasteiger partial charge in [0.15, 0.2) is 0 Å². The largest absolute Gasteiger partial charge is 0.397 e. The predicted octanol–water partition coefficient (Wildman–Crippen LogP) is 1.89. The highest BCUT2D eigenvalue weighted by atomic mass is 16.3. The molecule has 1 aromatic rings. The molecule has 0 spiro atoms. The molecule has 1 saturated carbocycles. The van der Waals surface area contributed by atoms with Crippen LogP contribution in [0.25, 0.3) is 0 Å². The number of hydrogen-bond acceptors (Lipinski definition) is 5. The van der Waals surface area contributed by atoms with Crippen LogP contribution in [0.5, 0.6) is 0 Å². The highest BCUT2D eigenvalue weighted by Gasteiger charge is 2.31. The van der Waals surface area contributed by atoms with Gasteiger partial charge in [-0.25, -0.2) is 4.98 Å². The molecule has 1 aliphatic rings. The highest BCUT2D eigenvalue weighted by molar-refractivity contribution is 5.57. The lowest BCUT2D eigenvalue weighted by atomic mass is 9.79. The van der Waals surface area contributed by atoms with Crippen molar-refractivity contribution in [1.82, 2.24) is 4.98 Å². The van der Waals surface area contributed by atoms with Gasteiger partial charge in [0.1, 0.15) is 11.9 Å².